The molecule has 34 heavy (non-hydrogen) atoms. The van der Waals surface area contributed by atoms with Gasteiger partial charge in [0.2, 0.25) is 0 Å². The zero-order valence-corrected chi connectivity index (χ0v) is 16.2. The maximum absolute atomic E-state index is 12.8. The minimum Gasteiger partial charge on any atom is -0.478 e. The number of hydrogen-bond donors (Lipinski definition) is 3. The molecule has 0 atom stereocenters. The van der Waals surface area contributed by atoms with Crippen LogP contribution in [0.2, 0.25) is 0 Å². The third kappa shape index (κ3) is 4.39. The van der Waals surface area contributed by atoms with E-state index in [1.54, 1.807) is 0 Å². The molecule has 1 heterocycles. The van der Waals surface area contributed by atoms with Crippen molar-refractivity contribution in [2.75, 3.05) is 15.5 Å². The van der Waals surface area contributed by atoms with Crippen molar-refractivity contribution in [1.82, 2.24) is 0 Å². The number of carboxylic acids is 1. The molecule has 9 nitrogen and oxygen atoms in total. The van der Waals surface area contributed by atoms with Gasteiger partial charge in [-0.25, -0.2) is 9.69 Å². The van der Waals surface area contributed by atoms with Gasteiger partial charge in [-0.1, -0.05) is 12.1 Å². The van der Waals surface area contributed by atoms with Crippen LogP contribution in [0.15, 0.2) is 36.4 Å². The molecule has 2 aromatic carbocycles. The summed E-state index contributed by atoms with van der Waals surface area (Å²) in [7, 11) is 0. The standard InChI is InChI=1S/C19H9F6N3O6/c20-18(21,22)16(33)26-10-6-11(27-17(34)19(23,24)25)12(5-9(10)15(31)32)28-13(29)7-3-1-2-4-8(7)14(28)30/h1-6H,(H,26,33)(H,27,34)(H,31,32). The number of nitrogens with one attached hydrogen (secondary N) is 2. The van der Waals surface area contributed by atoms with Crippen molar-refractivity contribution in [3.63, 3.8) is 0 Å². The van der Waals surface area contributed by atoms with Gasteiger partial charge in [-0.05, 0) is 24.3 Å². The Morgan fingerprint density at radius 3 is 1.62 bits per heavy atom. The van der Waals surface area contributed by atoms with Crippen LogP contribution in [0.25, 0.3) is 0 Å². The van der Waals surface area contributed by atoms with Gasteiger partial charge in [0, 0.05) is 0 Å². The van der Waals surface area contributed by atoms with Crippen LogP contribution in [0, 0.1) is 0 Å². The second-order valence-corrected chi connectivity index (χ2v) is 6.62. The number of carbonyl (C=O) groups is 5. The third-order valence-electron chi connectivity index (χ3n) is 4.41. The van der Waals surface area contributed by atoms with Gasteiger partial charge in [0.15, 0.2) is 0 Å². The first kappa shape index (κ1) is 24.2. The van der Waals surface area contributed by atoms with Crippen molar-refractivity contribution < 1.29 is 55.4 Å². The summed E-state index contributed by atoms with van der Waals surface area (Å²) >= 11 is 0. The van der Waals surface area contributed by atoms with E-state index < -0.39 is 64.6 Å². The number of hydrogen-bond acceptors (Lipinski definition) is 5. The lowest BCUT2D eigenvalue weighted by Crippen LogP contribution is -2.34. The predicted octanol–water partition coefficient (Wildman–Crippen LogP) is 3.19. The van der Waals surface area contributed by atoms with Gasteiger partial charge in [-0.2, -0.15) is 26.3 Å². The number of benzene rings is 2. The normalized spacial score (nSPS) is 13.5. The number of fused-ring (bicyclic) bond motifs is 1. The monoisotopic (exact) mass is 489 g/mol. The number of imide groups is 1. The van der Waals surface area contributed by atoms with E-state index in [-0.39, 0.29) is 22.1 Å². The summed E-state index contributed by atoms with van der Waals surface area (Å²) < 4.78 is 76.4. The lowest BCUT2D eigenvalue weighted by atomic mass is 10.1. The van der Waals surface area contributed by atoms with Crippen LogP contribution >= 0.6 is 0 Å². The van der Waals surface area contributed by atoms with E-state index in [9.17, 15) is 55.4 Å². The summed E-state index contributed by atoms with van der Waals surface area (Å²) in [6.07, 6.45) is -11.0. The SMILES string of the molecule is O=C(O)c1cc(N2C(=O)c3ccccc3C2=O)c(NC(=O)C(F)(F)F)cc1NC(=O)C(F)(F)F. The minimum absolute atomic E-state index is 0.202. The van der Waals surface area contributed by atoms with Gasteiger partial charge < -0.3 is 15.7 Å². The molecule has 4 amide bonds. The molecule has 1 aliphatic heterocycles. The maximum Gasteiger partial charge on any atom is 0.471 e. The van der Waals surface area contributed by atoms with Gasteiger partial charge in [0.05, 0.1) is 33.8 Å². The molecule has 3 rings (SSSR count). The van der Waals surface area contributed by atoms with Crippen molar-refractivity contribution in [1.29, 1.82) is 0 Å². The highest BCUT2D eigenvalue weighted by molar-refractivity contribution is 6.35. The highest BCUT2D eigenvalue weighted by Gasteiger charge is 2.43. The van der Waals surface area contributed by atoms with Crippen molar-refractivity contribution in [2.45, 2.75) is 12.4 Å². The molecule has 3 N–H and O–H groups in total. The molecule has 0 saturated carbocycles. The Labute approximate surface area is 183 Å². The molecule has 1 aliphatic rings. The molecule has 0 aliphatic carbocycles. The van der Waals surface area contributed by atoms with E-state index in [1.165, 1.54) is 34.9 Å². The molecular weight excluding hydrogens is 480 g/mol. The smallest absolute Gasteiger partial charge is 0.471 e. The van der Waals surface area contributed by atoms with Gasteiger partial charge >= 0.3 is 30.1 Å². The van der Waals surface area contributed by atoms with Crippen LogP contribution < -0.4 is 15.5 Å². The predicted molar refractivity (Wildman–Crippen MR) is 100 cm³/mol. The molecule has 2 aromatic rings. The van der Waals surface area contributed by atoms with Crippen LogP contribution in [0.4, 0.5) is 43.4 Å². The van der Waals surface area contributed by atoms with Crippen LogP contribution in [0.1, 0.15) is 31.1 Å². The van der Waals surface area contributed by atoms with Gasteiger partial charge in [0.1, 0.15) is 0 Å². The van der Waals surface area contributed by atoms with E-state index in [0.29, 0.717) is 6.07 Å². The second kappa shape index (κ2) is 8.17. The summed E-state index contributed by atoms with van der Waals surface area (Å²) in [6.45, 7) is 0. The first-order valence-corrected chi connectivity index (χ1v) is 8.78. The van der Waals surface area contributed by atoms with Crippen molar-refractivity contribution >= 4 is 46.7 Å². The fourth-order valence-electron chi connectivity index (χ4n) is 2.95. The fraction of sp³-hybridized carbons (Fsp3) is 0.105. The van der Waals surface area contributed by atoms with Gasteiger partial charge in [-0.15, -0.1) is 0 Å². The average molecular weight is 489 g/mol. The Hall–Kier alpha value is -4.43. The fourth-order valence-corrected chi connectivity index (χ4v) is 2.95. The Balaban J connectivity index is 2.22. The number of amides is 4. The Morgan fingerprint density at radius 1 is 0.765 bits per heavy atom. The van der Waals surface area contributed by atoms with E-state index in [4.69, 9.17) is 0 Å². The molecule has 0 bridgehead atoms. The highest BCUT2D eigenvalue weighted by atomic mass is 19.4. The number of nitrogens with zero attached hydrogens (tertiary/aromatic N) is 1. The summed E-state index contributed by atoms with van der Waals surface area (Å²) in [4.78, 5) is 60.1. The molecule has 0 spiro atoms. The average Bonchev–Trinajstić information content (AvgIpc) is 2.97. The van der Waals surface area contributed by atoms with E-state index in [0.717, 1.165) is 0 Å². The lowest BCUT2D eigenvalue weighted by Gasteiger charge is -2.22. The van der Waals surface area contributed by atoms with Crippen molar-refractivity contribution in [3.8, 4) is 0 Å². The number of alkyl halides is 6. The Kier molecular flexibility index (Phi) is 5.82. The summed E-state index contributed by atoms with van der Waals surface area (Å²) in [5.41, 5.74) is -4.63. The molecule has 15 heteroatoms. The van der Waals surface area contributed by atoms with Crippen LogP contribution in [-0.4, -0.2) is 47.1 Å². The second-order valence-electron chi connectivity index (χ2n) is 6.62. The Morgan fingerprint density at radius 2 is 1.21 bits per heavy atom. The number of aromatic carboxylic acids is 1. The summed E-state index contributed by atoms with van der Waals surface area (Å²) in [6, 6.07) is 5.74. The van der Waals surface area contributed by atoms with Crippen LogP contribution in [0.5, 0.6) is 0 Å². The number of halogens is 6. The number of rotatable bonds is 4. The van der Waals surface area contributed by atoms with E-state index >= 15 is 0 Å². The quantitative estimate of drug-likeness (QED) is 0.447. The van der Waals surface area contributed by atoms with Crippen LogP contribution in [-0.2, 0) is 9.59 Å². The first-order chi connectivity index (χ1) is 15.6. The number of carboxylic acid groups (broad SMARTS) is 1. The van der Waals surface area contributed by atoms with E-state index in [2.05, 4.69) is 0 Å². The highest BCUT2D eigenvalue weighted by Crippen LogP contribution is 2.38. The topological polar surface area (TPSA) is 133 Å². The van der Waals surface area contributed by atoms with Crippen LogP contribution in [0.3, 0.4) is 0 Å². The minimum atomic E-state index is -5.51. The van der Waals surface area contributed by atoms with E-state index in [1.807, 2.05) is 0 Å². The number of anilines is 3. The zero-order chi connectivity index (χ0) is 25.6. The molecule has 178 valence electrons. The lowest BCUT2D eigenvalue weighted by molar-refractivity contribution is -0.167. The molecule has 0 unspecified atom stereocenters. The molecule has 0 fully saturated rings. The largest absolute Gasteiger partial charge is 0.478 e. The molecule has 0 radical (unpaired) electrons. The van der Waals surface area contributed by atoms with Crippen molar-refractivity contribution in [3.05, 3.63) is 53.1 Å². The summed E-state index contributed by atoms with van der Waals surface area (Å²) in [5, 5.41) is 11.8. The zero-order valence-electron chi connectivity index (χ0n) is 16.2. The number of carbonyl (C=O) groups excluding carboxylic acids is 4. The maximum atomic E-state index is 12.8. The third-order valence-corrected chi connectivity index (χ3v) is 4.41. The summed E-state index contributed by atoms with van der Waals surface area (Å²) in [5.74, 6) is -9.50. The van der Waals surface area contributed by atoms with Gasteiger partial charge in [0.25, 0.3) is 11.8 Å². The van der Waals surface area contributed by atoms with Gasteiger partial charge in [-0.3, -0.25) is 19.2 Å². The first-order valence-electron chi connectivity index (χ1n) is 8.78. The molecular formula is C19H9F6N3O6. The molecule has 0 saturated heterocycles. The molecule has 0 aromatic heterocycles. The van der Waals surface area contributed by atoms with Crippen molar-refractivity contribution in [2.24, 2.45) is 0 Å². The Bertz CT molecular complexity index is 1220.